The number of nitrogens with two attached hydrogens (primary N) is 1. The average molecular weight is 290 g/mol. The van der Waals surface area contributed by atoms with Crippen molar-refractivity contribution in [1.82, 2.24) is 4.90 Å². The summed E-state index contributed by atoms with van der Waals surface area (Å²) < 4.78 is 5.60. The number of aryl methyl sites for hydroxylation is 2. The van der Waals surface area contributed by atoms with Crippen LogP contribution < -0.4 is 10.5 Å². The number of hydrogen-bond donors (Lipinski definition) is 1. The molecule has 1 saturated heterocycles. The molecule has 1 heterocycles. The van der Waals surface area contributed by atoms with Gasteiger partial charge < -0.3 is 15.4 Å². The highest BCUT2D eigenvalue weighted by molar-refractivity contribution is 5.79. The molecule has 0 saturated carbocycles. The number of carbonyl (C=O) groups excluding carboxylic acids is 2. The van der Waals surface area contributed by atoms with Crippen molar-refractivity contribution in [1.29, 1.82) is 0 Å². The van der Waals surface area contributed by atoms with Crippen molar-refractivity contribution in [3.63, 3.8) is 0 Å². The number of hydrogen-bond acceptors (Lipinski definition) is 3. The summed E-state index contributed by atoms with van der Waals surface area (Å²) in [4.78, 5) is 25.0. The smallest absolute Gasteiger partial charge is 0.260 e. The molecule has 2 N–H and O–H groups in total. The minimum absolute atomic E-state index is 0.0329. The van der Waals surface area contributed by atoms with Crippen LogP contribution >= 0.6 is 0 Å². The molecule has 5 nitrogen and oxygen atoms in total. The highest BCUT2D eigenvalue weighted by Gasteiger charge is 2.25. The fourth-order valence-corrected chi connectivity index (χ4v) is 2.61. The average Bonchev–Trinajstić information content (AvgIpc) is 2.46. The zero-order valence-electron chi connectivity index (χ0n) is 12.6. The molecular weight excluding hydrogens is 268 g/mol. The van der Waals surface area contributed by atoms with Crippen molar-refractivity contribution in [2.24, 2.45) is 11.7 Å². The van der Waals surface area contributed by atoms with Crippen molar-refractivity contribution in [3.8, 4) is 5.75 Å². The molecule has 0 radical (unpaired) electrons. The minimum Gasteiger partial charge on any atom is -0.484 e. The Hall–Kier alpha value is -2.04. The Bertz CT molecular complexity index is 534. The lowest BCUT2D eigenvalue weighted by Crippen LogP contribution is -2.43. The monoisotopic (exact) mass is 290 g/mol. The summed E-state index contributed by atoms with van der Waals surface area (Å²) in [6.07, 6.45) is 1.29. The summed E-state index contributed by atoms with van der Waals surface area (Å²) in [5, 5.41) is 0. The molecule has 0 unspecified atom stereocenters. The quantitative estimate of drug-likeness (QED) is 0.911. The maximum atomic E-state index is 12.1. The summed E-state index contributed by atoms with van der Waals surface area (Å²) in [5.41, 5.74) is 7.47. The predicted molar refractivity (Wildman–Crippen MR) is 79.9 cm³/mol. The van der Waals surface area contributed by atoms with Crippen molar-refractivity contribution in [3.05, 3.63) is 29.3 Å². The molecule has 21 heavy (non-hydrogen) atoms. The SMILES string of the molecule is Cc1ccc(OCC(=O)N2CCC(C(N)=O)CC2)c(C)c1. The van der Waals surface area contributed by atoms with E-state index in [0.29, 0.717) is 25.9 Å². The van der Waals surface area contributed by atoms with Gasteiger partial charge in [-0.1, -0.05) is 17.7 Å². The number of amides is 2. The summed E-state index contributed by atoms with van der Waals surface area (Å²) in [7, 11) is 0. The lowest BCUT2D eigenvalue weighted by molar-refractivity contribution is -0.136. The van der Waals surface area contributed by atoms with E-state index in [0.717, 1.165) is 11.3 Å². The van der Waals surface area contributed by atoms with Crippen LogP contribution in [0.1, 0.15) is 24.0 Å². The second kappa shape index (κ2) is 6.61. The van der Waals surface area contributed by atoms with Crippen molar-refractivity contribution < 1.29 is 14.3 Å². The van der Waals surface area contributed by atoms with E-state index in [-0.39, 0.29) is 24.3 Å². The van der Waals surface area contributed by atoms with Crippen LogP contribution in [-0.4, -0.2) is 36.4 Å². The third kappa shape index (κ3) is 3.97. The number of piperidine rings is 1. The second-order valence-corrected chi connectivity index (χ2v) is 5.62. The van der Waals surface area contributed by atoms with E-state index < -0.39 is 0 Å². The number of carbonyl (C=O) groups is 2. The maximum Gasteiger partial charge on any atom is 0.260 e. The van der Waals surface area contributed by atoms with Crippen LogP contribution in [0.5, 0.6) is 5.75 Å². The number of ether oxygens (including phenoxy) is 1. The molecule has 2 amide bonds. The van der Waals surface area contributed by atoms with Gasteiger partial charge in [0.1, 0.15) is 5.75 Å². The van der Waals surface area contributed by atoms with Crippen LogP contribution in [0, 0.1) is 19.8 Å². The normalized spacial score (nSPS) is 15.8. The molecular formula is C16H22N2O3. The van der Waals surface area contributed by atoms with Gasteiger partial charge in [-0.3, -0.25) is 9.59 Å². The van der Waals surface area contributed by atoms with Gasteiger partial charge in [0.2, 0.25) is 5.91 Å². The van der Waals surface area contributed by atoms with Crippen LogP contribution in [0.4, 0.5) is 0 Å². The molecule has 2 rings (SSSR count). The van der Waals surface area contributed by atoms with Crippen LogP contribution in [0.25, 0.3) is 0 Å². The standard InChI is InChI=1S/C16H22N2O3/c1-11-3-4-14(12(2)9-11)21-10-15(19)18-7-5-13(6-8-18)16(17)20/h3-4,9,13H,5-8,10H2,1-2H3,(H2,17,20). The molecule has 0 spiro atoms. The molecule has 0 bridgehead atoms. The van der Waals surface area contributed by atoms with Crippen molar-refractivity contribution in [2.75, 3.05) is 19.7 Å². The molecule has 1 fully saturated rings. The summed E-state index contributed by atoms with van der Waals surface area (Å²) in [5.74, 6) is 0.321. The minimum atomic E-state index is -0.270. The molecule has 1 aliphatic rings. The van der Waals surface area contributed by atoms with Gasteiger partial charge in [-0.05, 0) is 38.3 Å². The molecule has 1 aromatic rings. The van der Waals surface area contributed by atoms with Crippen molar-refractivity contribution >= 4 is 11.8 Å². The topological polar surface area (TPSA) is 72.6 Å². The van der Waals surface area contributed by atoms with Crippen LogP contribution in [0.2, 0.25) is 0 Å². The van der Waals surface area contributed by atoms with Gasteiger partial charge in [-0.2, -0.15) is 0 Å². The van der Waals surface area contributed by atoms with Crippen LogP contribution in [0.15, 0.2) is 18.2 Å². The highest BCUT2D eigenvalue weighted by atomic mass is 16.5. The maximum absolute atomic E-state index is 12.1. The molecule has 1 aliphatic heterocycles. The van der Waals surface area contributed by atoms with Gasteiger partial charge in [0, 0.05) is 19.0 Å². The number of primary amides is 1. The fraction of sp³-hybridized carbons (Fsp3) is 0.500. The van der Waals surface area contributed by atoms with E-state index in [1.807, 2.05) is 32.0 Å². The van der Waals surface area contributed by atoms with E-state index in [1.165, 1.54) is 5.56 Å². The van der Waals surface area contributed by atoms with E-state index in [4.69, 9.17) is 10.5 Å². The largest absolute Gasteiger partial charge is 0.484 e. The summed E-state index contributed by atoms with van der Waals surface area (Å²) in [6, 6.07) is 5.88. The zero-order valence-corrected chi connectivity index (χ0v) is 12.6. The van der Waals surface area contributed by atoms with E-state index in [2.05, 4.69) is 0 Å². The molecule has 0 atom stereocenters. The second-order valence-electron chi connectivity index (χ2n) is 5.62. The van der Waals surface area contributed by atoms with E-state index in [1.54, 1.807) is 4.90 Å². The first-order valence-corrected chi connectivity index (χ1v) is 7.24. The fourth-order valence-electron chi connectivity index (χ4n) is 2.61. The highest BCUT2D eigenvalue weighted by Crippen LogP contribution is 2.20. The van der Waals surface area contributed by atoms with Crippen LogP contribution in [0.3, 0.4) is 0 Å². The number of nitrogens with zero attached hydrogens (tertiary/aromatic N) is 1. The molecule has 114 valence electrons. The van der Waals surface area contributed by atoms with Gasteiger partial charge >= 0.3 is 0 Å². The van der Waals surface area contributed by atoms with Gasteiger partial charge in [0.25, 0.3) is 5.91 Å². The van der Waals surface area contributed by atoms with Gasteiger partial charge in [0.05, 0.1) is 0 Å². The molecule has 0 aromatic heterocycles. The van der Waals surface area contributed by atoms with Crippen LogP contribution in [-0.2, 0) is 9.59 Å². The Kier molecular flexibility index (Phi) is 4.83. The number of benzene rings is 1. The number of likely N-dealkylation sites (tertiary alicyclic amines) is 1. The molecule has 0 aliphatic carbocycles. The third-order valence-electron chi connectivity index (χ3n) is 3.93. The number of rotatable bonds is 4. The predicted octanol–water partition coefficient (Wildman–Crippen LogP) is 1.41. The molecule has 5 heteroatoms. The summed E-state index contributed by atoms with van der Waals surface area (Å²) >= 11 is 0. The first-order chi connectivity index (χ1) is 9.97. The Morgan fingerprint density at radius 2 is 1.95 bits per heavy atom. The Morgan fingerprint density at radius 1 is 1.29 bits per heavy atom. The lowest BCUT2D eigenvalue weighted by Gasteiger charge is -2.30. The third-order valence-corrected chi connectivity index (χ3v) is 3.93. The van der Waals surface area contributed by atoms with E-state index in [9.17, 15) is 9.59 Å². The molecule has 1 aromatic carbocycles. The van der Waals surface area contributed by atoms with Gasteiger partial charge in [-0.25, -0.2) is 0 Å². The van der Waals surface area contributed by atoms with E-state index >= 15 is 0 Å². The lowest BCUT2D eigenvalue weighted by atomic mass is 9.96. The Labute approximate surface area is 125 Å². The van der Waals surface area contributed by atoms with Gasteiger partial charge in [-0.15, -0.1) is 0 Å². The van der Waals surface area contributed by atoms with Gasteiger partial charge in [0.15, 0.2) is 6.61 Å². The Morgan fingerprint density at radius 3 is 2.52 bits per heavy atom. The first-order valence-electron chi connectivity index (χ1n) is 7.24. The summed E-state index contributed by atoms with van der Waals surface area (Å²) in [6.45, 7) is 5.16. The Balaban J connectivity index is 1.84. The first kappa shape index (κ1) is 15.4. The van der Waals surface area contributed by atoms with Crippen molar-refractivity contribution in [2.45, 2.75) is 26.7 Å². The zero-order chi connectivity index (χ0) is 15.4.